The van der Waals surface area contributed by atoms with E-state index in [-0.39, 0.29) is 23.0 Å². The molecule has 0 spiro atoms. The molecule has 0 aliphatic heterocycles. The monoisotopic (exact) mass is 378 g/mol. The lowest BCUT2D eigenvalue weighted by Gasteiger charge is -2.64. The molecule has 4 unspecified atom stereocenters. The van der Waals surface area contributed by atoms with Crippen LogP contribution in [0.2, 0.25) is 0 Å². The van der Waals surface area contributed by atoms with Crippen molar-refractivity contribution in [1.82, 2.24) is 0 Å². The van der Waals surface area contributed by atoms with Crippen molar-refractivity contribution in [3.63, 3.8) is 0 Å². The van der Waals surface area contributed by atoms with Crippen LogP contribution < -0.4 is 0 Å². The van der Waals surface area contributed by atoms with Crippen LogP contribution in [0, 0.1) is 52.3 Å². The zero-order valence-corrected chi connectivity index (χ0v) is 17.9. The van der Waals surface area contributed by atoms with Crippen molar-refractivity contribution in [2.24, 2.45) is 52.3 Å². The third-order valence-corrected chi connectivity index (χ3v) is 10.4. The Bertz CT molecular complexity index is 550. The second kappa shape index (κ2) is 6.99. The van der Waals surface area contributed by atoms with Crippen LogP contribution in [0.1, 0.15) is 79.1 Å². The average Bonchev–Trinajstić information content (AvgIpc) is 3.00. The fourth-order valence-electron chi connectivity index (χ4n) is 9.06. The van der Waals surface area contributed by atoms with Crippen LogP contribution in [0.5, 0.6) is 0 Å². The van der Waals surface area contributed by atoms with Gasteiger partial charge in [-0.1, -0.05) is 34.1 Å². The molecule has 3 heteroatoms. The van der Waals surface area contributed by atoms with Gasteiger partial charge in [0.1, 0.15) is 0 Å². The van der Waals surface area contributed by atoms with Crippen molar-refractivity contribution in [3.8, 4) is 0 Å². The van der Waals surface area contributed by atoms with Gasteiger partial charge in [0, 0.05) is 6.61 Å². The van der Waals surface area contributed by atoms with Crippen LogP contribution in [0.15, 0.2) is 0 Å². The van der Waals surface area contributed by atoms with E-state index in [9.17, 15) is 15.3 Å². The number of rotatable bonds is 3. The summed E-state index contributed by atoms with van der Waals surface area (Å²) >= 11 is 0. The second-order valence-electron chi connectivity index (χ2n) is 11.3. The molecule has 0 aromatic rings. The lowest BCUT2D eigenvalue weighted by atomic mass is 9.41. The maximum Gasteiger partial charge on any atom is 0.0605 e. The van der Waals surface area contributed by atoms with E-state index in [1.165, 1.54) is 25.7 Å². The lowest BCUT2D eigenvalue weighted by Crippen LogP contribution is -2.62. The molecule has 11 atom stereocenters. The zero-order valence-electron chi connectivity index (χ0n) is 17.9. The first-order valence-corrected chi connectivity index (χ1v) is 11.7. The molecule has 4 fully saturated rings. The van der Waals surface area contributed by atoms with Crippen molar-refractivity contribution >= 4 is 0 Å². The van der Waals surface area contributed by atoms with Gasteiger partial charge in [-0.3, -0.25) is 0 Å². The Kier molecular flexibility index (Phi) is 5.22. The highest BCUT2D eigenvalue weighted by Gasteiger charge is 2.64. The Balaban J connectivity index is 1.69. The zero-order chi connectivity index (χ0) is 19.6. The Morgan fingerprint density at radius 3 is 2.26 bits per heavy atom. The molecule has 4 saturated carbocycles. The molecular formula is C24H42O3. The molecule has 4 aliphatic rings. The number of aliphatic hydroxyl groups excluding tert-OH is 3. The third kappa shape index (κ3) is 2.78. The molecule has 4 aliphatic carbocycles. The van der Waals surface area contributed by atoms with Crippen LogP contribution in [-0.2, 0) is 0 Å². The predicted molar refractivity (Wildman–Crippen MR) is 108 cm³/mol. The van der Waals surface area contributed by atoms with Gasteiger partial charge in [-0.15, -0.1) is 0 Å². The summed E-state index contributed by atoms with van der Waals surface area (Å²) in [6.07, 6.45) is 8.52. The average molecular weight is 379 g/mol. The standard InChI is InChI=1S/C24H42O3/c1-5-16-20-12-15(26)8-10-24(20,4)19-9-11-23(3)17(14(2)13-25)6-7-18(23)21(19)22(16)27/h14-22,25-27H,5-13H2,1-4H3/t14-,15-,16-,17?,18?,19?,20+,21?,22-,23-,24-/m1/s1. The molecule has 0 amide bonds. The maximum atomic E-state index is 11.6. The van der Waals surface area contributed by atoms with Crippen LogP contribution in [0.25, 0.3) is 0 Å². The number of hydrogen-bond donors (Lipinski definition) is 3. The van der Waals surface area contributed by atoms with Crippen LogP contribution in [0.4, 0.5) is 0 Å². The second-order valence-corrected chi connectivity index (χ2v) is 11.3. The molecule has 0 bridgehead atoms. The van der Waals surface area contributed by atoms with Gasteiger partial charge < -0.3 is 15.3 Å². The van der Waals surface area contributed by atoms with Crippen molar-refractivity contribution in [2.75, 3.05) is 6.61 Å². The van der Waals surface area contributed by atoms with E-state index in [1.54, 1.807) is 0 Å². The molecule has 0 aromatic heterocycles. The maximum absolute atomic E-state index is 11.6. The SMILES string of the molecule is CC[C@H]1[C@@H](O)C2C3CCC([C@H](C)CO)[C@@]3(C)CCC2[C@@]2(C)CC[C@@H](O)C[C@@H]12. The molecule has 0 saturated heterocycles. The topological polar surface area (TPSA) is 60.7 Å². The molecule has 27 heavy (non-hydrogen) atoms. The van der Waals surface area contributed by atoms with Crippen LogP contribution in [-0.4, -0.2) is 34.1 Å². The van der Waals surface area contributed by atoms with E-state index in [0.29, 0.717) is 48.0 Å². The minimum atomic E-state index is -0.212. The summed E-state index contributed by atoms with van der Waals surface area (Å²) in [7, 11) is 0. The Hall–Kier alpha value is -0.120. The first kappa shape index (κ1) is 20.2. The minimum Gasteiger partial charge on any atom is -0.396 e. The van der Waals surface area contributed by atoms with E-state index in [0.717, 1.165) is 25.7 Å². The van der Waals surface area contributed by atoms with Crippen molar-refractivity contribution in [3.05, 3.63) is 0 Å². The van der Waals surface area contributed by atoms with Gasteiger partial charge in [-0.2, -0.15) is 0 Å². The van der Waals surface area contributed by atoms with Gasteiger partial charge >= 0.3 is 0 Å². The summed E-state index contributed by atoms with van der Waals surface area (Å²) in [5.74, 6) is 3.40. The quantitative estimate of drug-likeness (QED) is 0.688. The summed E-state index contributed by atoms with van der Waals surface area (Å²) in [5, 5.41) is 31.8. The minimum absolute atomic E-state index is 0.170. The van der Waals surface area contributed by atoms with Gasteiger partial charge in [0.25, 0.3) is 0 Å². The fraction of sp³-hybridized carbons (Fsp3) is 1.00. The Morgan fingerprint density at radius 2 is 1.59 bits per heavy atom. The first-order valence-electron chi connectivity index (χ1n) is 11.7. The van der Waals surface area contributed by atoms with E-state index < -0.39 is 0 Å². The molecule has 156 valence electrons. The molecule has 0 heterocycles. The van der Waals surface area contributed by atoms with E-state index in [1.807, 2.05) is 0 Å². The highest BCUT2D eigenvalue weighted by Crippen LogP contribution is 2.69. The number of fused-ring (bicyclic) bond motifs is 5. The highest BCUT2D eigenvalue weighted by atomic mass is 16.3. The Labute approximate surface area is 165 Å². The van der Waals surface area contributed by atoms with Gasteiger partial charge in [-0.25, -0.2) is 0 Å². The normalized spacial score (nSPS) is 56.1. The van der Waals surface area contributed by atoms with Gasteiger partial charge in [0.2, 0.25) is 0 Å². The smallest absolute Gasteiger partial charge is 0.0605 e. The third-order valence-electron chi connectivity index (χ3n) is 10.4. The highest BCUT2D eigenvalue weighted by molar-refractivity contribution is 5.13. The van der Waals surface area contributed by atoms with Crippen LogP contribution in [0.3, 0.4) is 0 Å². The van der Waals surface area contributed by atoms with Crippen molar-refractivity contribution < 1.29 is 15.3 Å². The molecule has 3 N–H and O–H groups in total. The molecule has 0 radical (unpaired) electrons. The summed E-state index contributed by atoms with van der Waals surface area (Å²) in [6, 6.07) is 0. The first-order chi connectivity index (χ1) is 12.8. The summed E-state index contributed by atoms with van der Waals surface area (Å²) in [6.45, 7) is 9.73. The number of aliphatic hydroxyl groups is 3. The van der Waals surface area contributed by atoms with Crippen molar-refractivity contribution in [1.29, 1.82) is 0 Å². The van der Waals surface area contributed by atoms with E-state index >= 15 is 0 Å². The predicted octanol–water partition coefficient (Wildman–Crippen LogP) is 4.24. The summed E-state index contributed by atoms with van der Waals surface area (Å²) < 4.78 is 0. The fourth-order valence-corrected chi connectivity index (χ4v) is 9.06. The largest absolute Gasteiger partial charge is 0.396 e. The number of hydrogen-bond acceptors (Lipinski definition) is 3. The molecule has 3 nitrogen and oxygen atoms in total. The molecular weight excluding hydrogens is 336 g/mol. The molecule has 4 rings (SSSR count). The van der Waals surface area contributed by atoms with Gasteiger partial charge in [0.05, 0.1) is 12.2 Å². The van der Waals surface area contributed by atoms with Crippen LogP contribution >= 0.6 is 0 Å². The summed E-state index contributed by atoms with van der Waals surface area (Å²) in [4.78, 5) is 0. The Morgan fingerprint density at radius 1 is 0.926 bits per heavy atom. The van der Waals surface area contributed by atoms with Gasteiger partial charge in [-0.05, 0) is 97.2 Å². The van der Waals surface area contributed by atoms with Crippen molar-refractivity contribution in [2.45, 2.75) is 91.3 Å². The molecule has 0 aromatic carbocycles. The van der Waals surface area contributed by atoms with E-state index in [2.05, 4.69) is 27.7 Å². The van der Waals surface area contributed by atoms with Gasteiger partial charge in [0.15, 0.2) is 0 Å². The lowest BCUT2D eigenvalue weighted by molar-refractivity contribution is -0.203. The van der Waals surface area contributed by atoms with E-state index in [4.69, 9.17) is 0 Å². The summed E-state index contributed by atoms with van der Waals surface area (Å²) in [5.41, 5.74) is 0.561.